The molecule has 3 rings (SSSR count). The van der Waals surface area contributed by atoms with Gasteiger partial charge in [-0.15, -0.1) is 0 Å². The number of Topliss-reactive ketones (excluding diaryl/α,β-unsaturated/α-hetero) is 1. The second kappa shape index (κ2) is 8.99. The number of carbonyl (C=O) groups excluding carboxylic acids is 2. The first-order valence-electron chi connectivity index (χ1n) is 9.46. The average molecular weight is 428 g/mol. The lowest BCUT2D eigenvalue weighted by Crippen LogP contribution is -2.25. The summed E-state index contributed by atoms with van der Waals surface area (Å²) in [6, 6.07) is 6.68. The molecule has 8 heteroatoms. The lowest BCUT2D eigenvalue weighted by Gasteiger charge is -2.15. The van der Waals surface area contributed by atoms with Crippen molar-refractivity contribution < 1.29 is 38.0 Å². The van der Waals surface area contributed by atoms with Crippen LogP contribution in [-0.4, -0.2) is 46.3 Å². The van der Waals surface area contributed by atoms with Crippen molar-refractivity contribution in [2.75, 3.05) is 28.4 Å². The van der Waals surface area contributed by atoms with Crippen molar-refractivity contribution in [2.45, 2.75) is 20.0 Å². The van der Waals surface area contributed by atoms with Gasteiger partial charge in [-0.3, -0.25) is 4.79 Å². The topological polar surface area (TPSA) is 89.5 Å². The van der Waals surface area contributed by atoms with Gasteiger partial charge in [0.05, 0.1) is 34.0 Å². The van der Waals surface area contributed by atoms with E-state index in [4.69, 9.17) is 23.7 Å². The first-order chi connectivity index (χ1) is 14.8. The standard InChI is InChI=1S/C23H24O8/c1-12-16(30-13(2)23(25)29-6)8-7-15-20(24)17(31-21(12)15)9-14-10-18(26-3)22(28-5)19(11-14)27-4/h7-11,13H,1-6H3/b17-9-/t13-/m0/s1. The predicted octanol–water partition coefficient (Wildman–Crippen LogP) is 3.58. The zero-order valence-electron chi connectivity index (χ0n) is 18.2. The van der Waals surface area contributed by atoms with Gasteiger partial charge in [-0.2, -0.15) is 0 Å². The molecule has 0 bridgehead atoms. The third kappa shape index (κ3) is 4.14. The molecule has 8 nitrogen and oxygen atoms in total. The monoisotopic (exact) mass is 428 g/mol. The molecular formula is C23H24O8. The van der Waals surface area contributed by atoms with E-state index in [9.17, 15) is 9.59 Å². The number of hydrogen-bond acceptors (Lipinski definition) is 8. The molecule has 0 radical (unpaired) electrons. The van der Waals surface area contributed by atoms with E-state index in [-0.39, 0.29) is 11.5 Å². The number of rotatable bonds is 7. The van der Waals surface area contributed by atoms with Crippen LogP contribution in [0, 0.1) is 6.92 Å². The lowest BCUT2D eigenvalue weighted by atomic mass is 10.1. The molecule has 0 unspecified atom stereocenters. The van der Waals surface area contributed by atoms with Gasteiger partial charge in [0.15, 0.2) is 23.4 Å². The Morgan fingerprint density at radius 3 is 2.19 bits per heavy atom. The Bertz CT molecular complexity index is 1030. The summed E-state index contributed by atoms with van der Waals surface area (Å²) < 4.78 is 32.3. The van der Waals surface area contributed by atoms with E-state index in [0.29, 0.717) is 45.4 Å². The lowest BCUT2D eigenvalue weighted by molar-refractivity contribution is -0.147. The van der Waals surface area contributed by atoms with Crippen LogP contribution in [-0.2, 0) is 9.53 Å². The molecule has 0 saturated heterocycles. The zero-order valence-corrected chi connectivity index (χ0v) is 18.2. The van der Waals surface area contributed by atoms with Crippen molar-refractivity contribution in [3.8, 4) is 28.7 Å². The largest absolute Gasteiger partial charge is 0.493 e. The molecule has 0 aromatic heterocycles. The van der Waals surface area contributed by atoms with Gasteiger partial charge in [0.2, 0.25) is 11.5 Å². The molecule has 0 fully saturated rings. The number of benzene rings is 2. The van der Waals surface area contributed by atoms with Crippen LogP contribution in [0.2, 0.25) is 0 Å². The first-order valence-corrected chi connectivity index (χ1v) is 9.46. The van der Waals surface area contributed by atoms with Gasteiger partial charge in [-0.05, 0) is 49.8 Å². The highest BCUT2D eigenvalue weighted by Gasteiger charge is 2.31. The molecular weight excluding hydrogens is 404 g/mol. The van der Waals surface area contributed by atoms with Gasteiger partial charge in [-0.25, -0.2) is 4.79 Å². The van der Waals surface area contributed by atoms with Crippen LogP contribution in [0.3, 0.4) is 0 Å². The maximum Gasteiger partial charge on any atom is 0.346 e. The Kier molecular flexibility index (Phi) is 6.39. The highest BCUT2D eigenvalue weighted by atomic mass is 16.6. The molecule has 0 spiro atoms. The van der Waals surface area contributed by atoms with Gasteiger partial charge in [0.1, 0.15) is 11.5 Å². The Labute approximate surface area is 180 Å². The molecule has 0 amide bonds. The van der Waals surface area contributed by atoms with Crippen LogP contribution >= 0.6 is 0 Å². The van der Waals surface area contributed by atoms with Crippen LogP contribution in [0.4, 0.5) is 0 Å². The normalized spacial score (nSPS) is 14.5. The number of methoxy groups -OCH3 is 4. The summed E-state index contributed by atoms with van der Waals surface area (Å²) in [6.07, 6.45) is 0.803. The highest BCUT2D eigenvalue weighted by molar-refractivity contribution is 6.15. The minimum atomic E-state index is -0.798. The molecule has 164 valence electrons. The highest BCUT2D eigenvalue weighted by Crippen LogP contribution is 2.42. The molecule has 31 heavy (non-hydrogen) atoms. The van der Waals surface area contributed by atoms with Crippen LogP contribution in [0.15, 0.2) is 30.0 Å². The quantitative estimate of drug-likeness (QED) is 0.488. The molecule has 1 atom stereocenters. The van der Waals surface area contributed by atoms with E-state index in [0.717, 1.165) is 0 Å². The van der Waals surface area contributed by atoms with Crippen molar-refractivity contribution in [1.82, 2.24) is 0 Å². The Hall–Kier alpha value is -3.68. The van der Waals surface area contributed by atoms with Crippen molar-refractivity contribution in [3.05, 3.63) is 46.7 Å². The van der Waals surface area contributed by atoms with Crippen LogP contribution in [0.5, 0.6) is 28.7 Å². The zero-order chi connectivity index (χ0) is 22.7. The van der Waals surface area contributed by atoms with Crippen LogP contribution in [0.1, 0.15) is 28.4 Å². The maximum absolute atomic E-state index is 12.9. The third-order valence-electron chi connectivity index (χ3n) is 4.86. The van der Waals surface area contributed by atoms with Gasteiger partial charge in [-0.1, -0.05) is 0 Å². The number of hydrogen-bond donors (Lipinski definition) is 0. The summed E-state index contributed by atoms with van der Waals surface area (Å²) in [5.74, 6) is 1.56. The van der Waals surface area contributed by atoms with E-state index >= 15 is 0 Å². The first kappa shape index (κ1) is 22.0. The van der Waals surface area contributed by atoms with E-state index in [1.165, 1.54) is 28.4 Å². The number of fused-ring (bicyclic) bond motifs is 1. The van der Waals surface area contributed by atoms with Gasteiger partial charge >= 0.3 is 5.97 Å². The summed E-state index contributed by atoms with van der Waals surface area (Å²) in [5, 5.41) is 0. The van der Waals surface area contributed by atoms with Crippen molar-refractivity contribution >= 4 is 17.8 Å². The fourth-order valence-corrected chi connectivity index (χ4v) is 3.24. The molecule has 2 aromatic rings. The van der Waals surface area contributed by atoms with Gasteiger partial charge in [0.25, 0.3) is 0 Å². The molecule has 0 aliphatic carbocycles. The SMILES string of the molecule is COC(=O)[C@H](C)Oc1ccc2c(c1C)O/C(=C\c1cc(OC)c(OC)c(OC)c1)C2=O. The second-order valence-electron chi connectivity index (χ2n) is 6.75. The molecule has 0 N–H and O–H groups in total. The molecule has 1 heterocycles. The number of carbonyl (C=O) groups is 2. The summed E-state index contributed by atoms with van der Waals surface area (Å²) in [7, 11) is 5.84. The van der Waals surface area contributed by atoms with E-state index < -0.39 is 12.1 Å². The fraction of sp³-hybridized carbons (Fsp3) is 0.304. The van der Waals surface area contributed by atoms with E-state index in [1.807, 2.05) is 0 Å². The summed E-state index contributed by atoms with van der Waals surface area (Å²) in [4.78, 5) is 24.5. The van der Waals surface area contributed by atoms with Crippen molar-refractivity contribution in [1.29, 1.82) is 0 Å². The summed E-state index contributed by atoms with van der Waals surface area (Å²) in [5.41, 5.74) is 1.66. The molecule has 2 aromatic carbocycles. The molecule has 0 saturated carbocycles. The minimum Gasteiger partial charge on any atom is -0.493 e. The summed E-state index contributed by atoms with van der Waals surface area (Å²) >= 11 is 0. The summed E-state index contributed by atoms with van der Waals surface area (Å²) in [6.45, 7) is 3.34. The number of ketones is 1. The molecule has 1 aliphatic rings. The molecule has 1 aliphatic heterocycles. The van der Waals surface area contributed by atoms with E-state index in [2.05, 4.69) is 4.74 Å². The Balaban J connectivity index is 1.95. The Morgan fingerprint density at radius 1 is 1.00 bits per heavy atom. The smallest absolute Gasteiger partial charge is 0.346 e. The number of allylic oxidation sites excluding steroid dienone is 1. The van der Waals surface area contributed by atoms with Crippen LogP contribution < -0.4 is 23.7 Å². The van der Waals surface area contributed by atoms with E-state index in [1.54, 1.807) is 44.2 Å². The maximum atomic E-state index is 12.9. The van der Waals surface area contributed by atoms with Gasteiger partial charge in [0, 0.05) is 5.56 Å². The average Bonchev–Trinajstić information content (AvgIpc) is 3.10. The predicted molar refractivity (Wildman–Crippen MR) is 112 cm³/mol. The van der Waals surface area contributed by atoms with Crippen molar-refractivity contribution in [3.63, 3.8) is 0 Å². The van der Waals surface area contributed by atoms with Gasteiger partial charge < -0.3 is 28.4 Å². The Morgan fingerprint density at radius 2 is 1.65 bits per heavy atom. The minimum absolute atomic E-state index is 0.144. The number of ether oxygens (including phenoxy) is 6. The third-order valence-corrected chi connectivity index (χ3v) is 4.86. The fourth-order valence-electron chi connectivity index (χ4n) is 3.24. The number of esters is 1. The second-order valence-corrected chi connectivity index (χ2v) is 6.75. The van der Waals surface area contributed by atoms with Crippen molar-refractivity contribution in [2.24, 2.45) is 0 Å². The van der Waals surface area contributed by atoms with Crippen LogP contribution in [0.25, 0.3) is 6.08 Å².